The molecule has 0 aliphatic carbocycles. The lowest BCUT2D eigenvalue weighted by molar-refractivity contribution is -0.384. The van der Waals surface area contributed by atoms with Crippen LogP contribution < -0.4 is 0 Å². The van der Waals surface area contributed by atoms with Gasteiger partial charge in [-0.2, -0.15) is 0 Å². The molecule has 0 bridgehead atoms. The number of likely N-dealkylation sites (N-methyl/N-ethyl adjacent to an activating group) is 1. The van der Waals surface area contributed by atoms with Crippen LogP contribution in [0, 0.1) is 10.1 Å². The van der Waals surface area contributed by atoms with Crippen molar-refractivity contribution in [1.29, 1.82) is 0 Å². The highest BCUT2D eigenvalue weighted by Crippen LogP contribution is 2.15. The van der Waals surface area contributed by atoms with Gasteiger partial charge in [0.1, 0.15) is 0 Å². The zero-order valence-electron chi connectivity index (χ0n) is 12.4. The lowest BCUT2D eigenvalue weighted by atomic mass is 10.1. The smallest absolute Gasteiger partial charge is 0.269 e. The molecule has 0 heterocycles. The number of rotatable bonds is 6. The van der Waals surface area contributed by atoms with Crippen molar-refractivity contribution in [2.24, 2.45) is 0 Å². The van der Waals surface area contributed by atoms with Gasteiger partial charge in [-0.15, -0.1) is 0 Å². The molecule has 0 amide bonds. The maximum absolute atomic E-state index is 10.6. The molecule has 4 heteroatoms. The highest BCUT2D eigenvalue weighted by atomic mass is 16.6. The van der Waals surface area contributed by atoms with Gasteiger partial charge in [0.25, 0.3) is 5.69 Å². The maximum atomic E-state index is 10.6. The second-order valence-corrected chi connectivity index (χ2v) is 5.38. The Morgan fingerprint density at radius 1 is 1.05 bits per heavy atom. The highest BCUT2D eigenvalue weighted by Gasteiger charge is 2.11. The van der Waals surface area contributed by atoms with E-state index in [1.807, 2.05) is 30.3 Å². The molecule has 110 valence electrons. The summed E-state index contributed by atoms with van der Waals surface area (Å²) in [7, 11) is 2.10. The number of hydrogen-bond donors (Lipinski definition) is 0. The van der Waals surface area contributed by atoms with Crippen molar-refractivity contribution in [2.45, 2.75) is 25.9 Å². The molecule has 0 radical (unpaired) electrons. The Labute approximate surface area is 125 Å². The van der Waals surface area contributed by atoms with Crippen LogP contribution in [-0.2, 0) is 13.0 Å². The minimum atomic E-state index is -0.366. The van der Waals surface area contributed by atoms with Gasteiger partial charge < -0.3 is 0 Å². The molecular formula is C17H20N2O2. The summed E-state index contributed by atoms with van der Waals surface area (Å²) >= 11 is 0. The molecule has 0 aromatic heterocycles. The van der Waals surface area contributed by atoms with Crippen molar-refractivity contribution in [1.82, 2.24) is 4.90 Å². The monoisotopic (exact) mass is 284 g/mol. The van der Waals surface area contributed by atoms with Gasteiger partial charge >= 0.3 is 0 Å². The van der Waals surface area contributed by atoms with Gasteiger partial charge in [0, 0.05) is 24.7 Å². The van der Waals surface area contributed by atoms with Crippen LogP contribution in [0.1, 0.15) is 18.1 Å². The van der Waals surface area contributed by atoms with Crippen LogP contribution in [0.3, 0.4) is 0 Å². The zero-order valence-corrected chi connectivity index (χ0v) is 12.4. The number of nitro benzene ring substituents is 1. The molecule has 0 N–H and O–H groups in total. The lowest BCUT2D eigenvalue weighted by Gasteiger charge is -2.24. The molecule has 0 fully saturated rings. The van der Waals surface area contributed by atoms with E-state index in [9.17, 15) is 10.1 Å². The van der Waals surface area contributed by atoms with E-state index >= 15 is 0 Å². The molecule has 1 atom stereocenters. The lowest BCUT2D eigenvalue weighted by Crippen LogP contribution is -2.30. The SMILES string of the molecule is CC(Cc1ccc([N+](=O)[O-])cc1)N(C)Cc1ccccc1. The summed E-state index contributed by atoms with van der Waals surface area (Å²) in [5.41, 5.74) is 2.55. The van der Waals surface area contributed by atoms with Gasteiger partial charge in [-0.05, 0) is 31.5 Å². The van der Waals surface area contributed by atoms with E-state index in [0.717, 1.165) is 18.5 Å². The molecule has 21 heavy (non-hydrogen) atoms. The molecule has 0 saturated carbocycles. The van der Waals surface area contributed by atoms with Crippen molar-refractivity contribution in [2.75, 3.05) is 7.05 Å². The van der Waals surface area contributed by atoms with Crippen molar-refractivity contribution in [3.05, 3.63) is 75.8 Å². The second kappa shape index (κ2) is 6.99. The first-order chi connectivity index (χ1) is 10.1. The van der Waals surface area contributed by atoms with Gasteiger partial charge in [-0.3, -0.25) is 15.0 Å². The summed E-state index contributed by atoms with van der Waals surface area (Å²) in [5.74, 6) is 0. The van der Waals surface area contributed by atoms with Crippen molar-refractivity contribution < 1.29 is 4.92 Å². The number of hydrogen-bond acceptors (Lipinski definition) is 3. The Balaban J connectivity index is 1.94. The van der Waals surface area contributed by atoms with Gasteiger partial charge in [0.15, 0.2) is 0 Å². The Kier molecular flexibility index (Phi) is 5.06. The maximum Gasteiger partial charge on any atom is 0.269 e. The Hall–Kier alpha value is -2.20. The first-order valence-electron chi connectivity index (χ1n) is 7.04. The second-order valence-electron chi connectivity index (χ2n) is 5.38. The van der Waals surface area contributed by atoms with Crippen LogP contribution in [-0.4, -0.2) is 22.9 Å². The van der Waals surface area contributed by atoms with E-state index in [0.29, 0.717) is 6.04 Å². The van der Waals surface area contributed by atoms with E-state index in [1.165, 1.54) is 5.56 Å². The predicted molar refractivity (Wildman–Crippen MR) is 84.2 cm³/mol. The first kappa shape index (κ1) is 15.2. The van der Waals surface area contributed by atoms with Crippen LogP contribution >= 0.6 is 0 Å². The Bertz CT molecular complexity index is 581. The standard InChI is InChI=1S/C17H20N2O2/c1-14(18(2)13-16-6-4-3-5-7-16)12-15-8-10-17(11-9-15)19(20)21/h3-11,14H,12-13H2,1-2H3. The summed E-state index contributed by atoms with van der Waals surface area (Å²) < 4.78 is 0. The molecule has 2 aromatic rings. The normalized spacial score (nSPS) is 12.3. The van der Waals surface area contributed by atoms with E-state index in [-0.39, 0.29) is 10.6 Å². The zero-order chi connectivity index (χ0) is 15.2. The molecule has 0 spiro atoms. The van der Waals surface area contributed by atoms with Crippen LogP contribution in [0.15, 0.2) is 54.6 Å². The molecule has 0 aliphatic heterocycles. The van der Waals surface area contributed by atoms with E-state index in [2.05, 4.69) is 31.0 Å². The third kappa shape index (κ3) is 4.39. The summed E-state index contributed by atoms with van der Waals surface area (Å²) in [6.45, 7) is 3.07. The fourth-order valence-corrected chi connectivity index (χ4v) is 2.28. The summed E-state index contributed by atoms with van der Waals surface area (Å²) in [6, 6.07) is 17.5. The Morgan fingerprint density at radius 3 is 2.24 bits per heavy atom. The van der Waals surface area contributed by atoms with Gasteiger partial charge in [0.2, 0.25) is 0 Å². The van der Waals surface area contributed by atoms with Crippen molar-refractivity contribution >= 4 is 5.69 Å². The number of non-ortho nitro benzene ring substituents is 1. The minimum Gasteiger partial charge on any atom is -0.299 e. The molecule has 2 rings (SSSR count). The number of nitrogens with zero attached hydrogens (tertiary/aromatic N) is 2. The van der Waals surface area contributed by atoms with Gasteiger partial charge in [0.05, 0.1) is 4.92 Å². The third-order valence-corrected chi connectivity index (χ3v) is 3.71. The van der Waals surface area contributed by atoms with Crippen LogP contribution in [0.25, 0.3) is 0 Å². The first-order valence-corrected chi connectivity index (χ1v) is 7.04. The van der Waals surface area contributed by atoms with Crippen molar-refractivity contribution in [3.63, 3.8) is 0 Å². The van der Waals surface area contributed by atoms with Crippen molar-refractivity contribution in [3.8, 4) is 0 Å². The fourth-order valence-electron chi connectivity index (χ4n) is 2.28. The van der Waals surface area contributed by atoms with Crippen LogP contribution in [0.5, 0.6) is 0 Å². The van der Waals surface area contributed by atoms with E-state index in [4.69, 9.17) is 0 Å². The van der Waals surface area contributed by atoms with Crippen LogP contribution in [0.2, 0.25) is 0 Å². The summed E-state index contributed by atoms with van der Waals surface area (Å²) in [4.78, 5) is 12.6. The Morgan fingerprint density at radius 2 is 1.67 bits per heavy atom. The fraction of sp³-hybridized carbons (Fsp3) is 0.294. The largest absolute Gasteiger partial charge is 0.299 e. The molecule has 0 aliphatic rings. The predicted octanol–water partition coefficient (Wildman–Crippen LogP) is 3.66. The summed E-state index contributed by atoms with van der Waals surface area (Å²) in [6.07, 6.45) is 0.876. The minimum absolute atomic E-state index is 0.143. The number of nitro groups is 1. The average Bonchev–Trinajstić information content (AvgIpc) is 2.48. The molecule has 1 unspecified atom stereocenters. The molecule has 0 saturated heterocycles. The quantitative estimate of drug-likeness (QED) is 0.600. The molecular weight excluding hydrogens is 264 g/mol. The number of benzene rings is 2. The van der Waals surface area contributed by atoms with Gasteiger partial charge in [-0.1, -0.05) is 42.5 Å². The topological polar surface area (TPSA) is 46.4 Å². The average molecular weight is 284 g/mol. The van der Waals surface area contributed by atoms with E-state index < -0.39 is 0 Å². The van der Waals surface area contributed by atoms with Gasteiger partial charge in [-0.25, -0.2) is 0 Å². The summed E-state index contributed by atoms with van der Waals surface area (Å²) in [5, 5.41) is 10.6. The highest BCUT2D eigenvalue weighted by molar-refractivity contribution is 5.33. The molecule has 4 nitrogen and oxygen atoms in total. The van der Waals surface area contributed by atoms with Crippen LogP contribution in [0.4, 0.5) is 5.69 Å². The molecule has 2 aromatic carbocycles. The third-order valence-electron chi connectivity index (χ3n) is 3.71. The van der Waals surface area contributed by atoms with E-state index in [1.54, 1.807) is 12.1 Å².